The van der Waals surface area contributed by atoms with Gasteiger partial charge in [0.15, 0.2) is 5.82 Å². The van der Waals surface area contributed by atoms with Crippen LogP contribution in [-0.4, -0.2) is 32.1 Å². The van der Waals surface area contributed by atoms with Crippen LogP contribution in [0.2, 0.25) is 0 Å². The molecule has 0 radical (unpaired) electrons. The average Bonchev–Trinajstić information content (AvgIpc) is 3.35. The van der Waals surface area contributed by atoms with E-state index in [0.717, 1.165) is 5.56 Å². The molecule has 0 aliphatic rings. The lowest BCUT2D eigenvalue weighted by atomic mass is 10.1. The fourth-order valence-electron chi connectivity index (χ4n) is 2.72. The summed E-state index contributed by atoms with van der Waals surface area (Å²) in [6.07, 6.45) is 0.245. The first-order valence-corrected chi connectivity index (χ1v) is 9.66. The Labute approximate surface area is 169 Å². The van der Waals surface area contributed by atoms with Crippen LogP contribution in [0.4, 0.5) is 4.39 Å². The molecule has 2 aromatic carbocycles. The molecule has 4 aromatic rings. The summed E-state index contributed by atoms with van der Waals surface area (Å²) in [6, 6.07) is 13.9. The number of thioether (sulfide) groups is 1. The molecule has 0 amide bonds. The fraction of sp³-hybridized carbons (Fsp3) is 0.158. The van der Waals surface area contributed by atoms with E-state index in [1.807, 2.05) is 24.3 Å². The normalized spacial score (nSPS) is 11.0. The Balaban J connectivity index is 1.45. The quantitative estimate of drug-likeness (QED) is 0.365. The SMILES string of the molecule is COc1ccccc1-c1noc(CSc2nnc(Cc3ccccc3F)n2N)n1. The number of hydrogen-bond donors (Lipinski definition) is 1. The van der Waals surface area contributed by atoms with Gasteiger partial charge in [-0.2, -0.15) is 4.98 Å². The minimum Gasteiger partial charge on any atom is -0.496 e. The van der Waals surface area contributed by atoms with Gasteiger partial charge in [0.25, 0.3) is 0 Å². The predicted molar refractivity (Wildman–Crippen MR) is 105 cm³/mol. The van der Waals surface area contributed by atoms with E-state index >= 15 is 0 Å². The number of rotatable bonds is 7. The molecule has 0 aliphatic carbocycles. The van der Waals surface area contributed by atoms with Crippen molar-refractivity contribution in [3.8, 4) is 17.1 Å². The van der Waals surface area contributed by atoms with Crippen LogP contribution in [0.1, 0.15) is 17.3 Å². The number of hydrogen-bond acceptors (Lipinski definition) is 8. The summed E-state index contributed by atoms with van der Waals surface area (Å²) >= 11 is 1.30. The molecule has 2 heterocycles. The van der Waals surface area contributed by atoms with Crippen molar-refractivity contribution >= 4 is 11.8 Å². The Morgan fingerprint density at radius 3 is 2.76 bits per heavy atom. The molecule has 2 aromatic heterocycles. The topological polar surface area (TPSA) is 105 Å². The molecule has 148 valence electrons. The third-order valence-corrected chi connectivity index (χ3v) is 5.11. The van der Waals surface area contributed by atoms with Crippen LogP contribution in [0, 0.1) is 5.82 Å². The van der Waals surface area contributed by atoms with Crippen LogP contribution in [0.25, 0.3) is 11.4 Å². The van der Waals surface area contributed by atoms with Crippen molar-refractivity contribution < 1.29 is 13.7 Å². The Hall–Kier alpha value is -3.40. The van der Waals surface area contributed by atoms with Crippen LogP contribution < -0.4 is 10.6 Å². The van der Waals surface area contributed by atoms with Crippen LogP contribution in [0.5, 0.6) is 5.75 Å². The zero-order chi connectivity index (χ0) is 20.2. The van der Waals surface area contributed by atoms with Gasteiger partial charge in [0.1, 0.15) is 11.6 Å². The number of nitrogen functional groups attached to an aromatic ring is 1. The van der Waals surface area contributed by atoms with Gasteiger partial charge < -0.3 is 15.1 Å². The predicted octanol–water partition coefficient (Wildman–Crippen LogP) is 3.07. The minimum absolute atomic E-state index is 0.245. The number of aromatic nitrogens is 5. The van der Waals surface area contributed by atoms with E-state index in [2.05, 4.69) is 20.3 Å². The van der Waals surface area contributed by atoms with E-state index in [1.54, 1.807) is 25.3 Å². The highest BCUT2D eigenvalue weighted by atomic mass is 32.2. The Kier molecular flexibility index (Phi) is 5.43. The van der Waals surface area contributed by atoms with Crippen molar-refractivity contribution in [2.75, 3.05) is 13.0 Å². The molecule has 4 rings (SSSR count). The number of methoxy groups -OCH3 is 1. The van der Waals surface area contributed by atoms with E-state index < -0.39 is 0 Å². The van der Waals surface area contributed by atoms with E-state index in [1.165, 1.54) is 22.5 Å². The molecule has 0 atom stereocenters. The number of nitrogens with zero attached hydrogens (tertiary/aromatic N) is 5. The second kappa shape index (κ2) is 8.31. The van der Waals surface area contributed by atoms with Gasteiger partial charge in [-0.25, -0.2) is 9.07 Å². The molecule has 8 nitrogen and oxygen atoms in total. The van der Waals surface area contributed by atoms with Gasteiger partial charge in [-0.15, -0.1) is 10.2 Å². The minimum atomic E-state index is -0.306. The lowest BCUT2D eigenvalue weighted by Gasteiger charge is -2.04. The monoisotopic (exact) mass is 412 g/mol. The van der Waals surface area contributed by atoms with Crippen LogP contribution >= 0.6 is 11.8 Å². The Morgan fingerprint density at radius 2 is 1.93 bits per heavy atom. The van der Waals surface area contributed by atoms with Crippen molar-refractivity contribution in [1.29, 1.82) is 0 Å². The maximum Gasteiger partial charge on any atom is 0.237 e. The van der Waals surface area contributed by atoms with E-state index in [4.69, 9.17) is 15.1 Å². The lowest BCUT2D eigenvalue weighted by Crippen LogP contribution is -2.14. The first kappa shape index (κ1) is 18.9. The van der Waals surface area contributed by atoms with Gasteiger partial charge in [0.05, 0.1) is 18.4 Å². The summed E-state index contributed by atoms with van der Waals surface area (Å²) in [4.78, 5) is 4.39. The van der Waals surface area contributed by atoms with Crippen molar-refractivity contribution in [3.63, 3.8) is 0 Å². The Bertz CT molecular complexity index is 1130. The van der Waals surface area contributed by atoms with Crippen LogP contribution in [-0.2, 0) is 12.2 Å². The van der Waals surface area contributed by atoms with E-state index in [9.17, 15) is 4.39 Å². The highest BCUT2D eigenvalue weighted by Crippen LogP contribution is 2.28. The molecule has 2 N–H and O–H groups in total. The van der Waals surface area contributed by atoms with Crippen molar-refractivity contribution in [2.45, 2.75) is 17.3 Å². The number of halogens is 1. The van der Waals surface area contributed by atoms with Gasteiger partial charge >= 0.3 is 0 Å². The lowest BCUT2D eigenvalue weighted by molar-refractivity contribution is 0.390. The Morgan fingerprint density at radius 1 is 1.14 bits per heavy atom. The molecule has 29 heavy (non-hydrogen) atoms. The van der Waals surface area contributed by atoms with E-state index in [0.29, 0.717) is 39.8 Å². The van der Waals surface area contributed by atoms with Crippen molar-refractivity contribution in [3.05, 3.63) is 71.6 Å². The second-order valence-electron chi connectivity index (χ2n) is 6.04. The number of ether oxygens (including phenoxy) is 1. The van der Waals surface area contributed by atoms with Gasteiger partial charge in [0.2, 0.25) is 16.9 Å². The number of para-hydroxylation sites is 1. The molecule has 0 saturated heterocycles. The van der Waals surface area contributed by atoms with Crippen LogP contribution in [0.3, 0.4) is 0 Å². The third-order valence-electron chi connectivity index (χ3n) is 4.18. The second-order valence-corrected chi connectivity index (χ2v) is 6.98. The summed E-state index contributed by atoms with van der Waals surface area (Å²) in [6.45, 7) is 0. The highest BCUT2D eigenvalue weighted by molar-refractivity contribution is 7.98. The van der Waals surface area contributed by atoms with E-state index in [-0.39, 0.29) is 12.2 Å². The maximum absolute atomic E-state index is 13.8. The molecule has 10 heteroatoms. The number of benzene rings is 2. The highest BCUT2D eigenvalue weighted by Gasteiger charge is 2.16. The van der Waals surface area contributed by atoms with Crippen molar-refractivity contribution in [2.24, 2.45) is 0 Å². The van der Waals surface area contributed by atoms with Crippen LogP contribution in [0.15, 0.2) is 58.2 Å². The first-order chi connectivity index (χ1) is 14.2. The van der Waals surface area contributed by atoms with Gasteiger partial charge in [-0.3, -0.25) is 0 Å². The molecular formula is C19H17FN6O2S. The summed E-state index contributed by atoms with van der Waals surface area (Å²) in [5, 5.41) is 12.6. The summed E-state index contributed by atoms with van der Waals surface area (Å²) in [5.74, 6) is 8.08. The molecule has 0 spiro atoms. The standard InChI is InChI=1S/C19H17FN6O2S/c1-27-15-9-5-3-7-13(15)18-22-17(28-25-18)11-29-19-24-23-16(26(19)21)10-12-6-2-4-8-14(12)20/h2-9H,10-11,21H2,1H3. The zero-order valence-electron chi connectivity index (χ0n) is 15.4. The van der Waals surface area contributed by atoms with Gasteiger partial charge in [-0.1, -0.05) is 47.3 Å². The zero-order valence-corrected chi connectivity index (χ0v) is 16.3. The summed E-state index contributed by atoms with van der Waals surface area (Å²) < 4.78 is 25.8. The molecule has 0 fully saturated rings. The average molecular weight is 412 g/mol. The maximum atomic E-state index is 13.8. The van der Waals surface area contributed by atoms with Gasteiger partial charge in [-0.05, 0) is 23.8 Å². The van der Waals surface area contributed by atoms with Crippen molar-refractivity contribution in [1.82, 2.24) is 25.0 Å². The molecule has 0 bridgehead atoms. The largest absolute Gasteiger partial charge is 0.496 e. The van der Waals surface area contributed by atoms with Gasteiger partial charge in [0, 0.05) is 6.42 Å². The fourth-order valence-corrected chi connectivity index (χ4v) is 3.43. The molecule has 0 saturated carbocycles. The smallest absolute Gasteiger partial charge is 0.237 e. The summed E-state index contributed by atoms with van der Waals surface area (Å²) in [5.41, 5.74) is 1.24. The summed E-state index contributed by atoms with van der Waals surface area (Å²) in [7, 11) is 1.59. The molecule has 0 unspecified atom stereocenters. The first-order valence-electron chi connectivity index (χ1n) is 8.67. The molecule has 0 aliphatic heterocycles. The third kappa shape index (κ3) is 4.06. The number of nitrogens with two attached hydrogens (primary N) is 1. The molecular weight excluding hydrogens is 395 g/mol.